The first-order valence-electron chi connectivity index (χ1n) is 13.3. The summed E-state index contributed by atoms with van der Waals surface area (Å²) in [6.07, 6.45) is 8.88. The lowest BCUT2D eigenvalue weighted by molar-refractivity contribution is -0.0735. The number of carbonyl (C=O) groups is 1. The number of nitrogens with zero attached hydrogens (tertiary/aromatic N) is 5. The lowest BCUT2D eigenvalue weighted by Crippen LogP contribution is -2.65. The van der Waals surface area contributed by atoms with Crippen molar-refractivity contribution in [2.45, 2.75) is 61.5 Å². The average molecular weight is 530 g/mol. The highest BCUT2D eigenvalue weighted by molar-refractivity contribution is 7.90. The quantitative estimate of drug-likeness (QED) is 0.590. The highest BCUT2D eigenvalue weighted by Crippen LogP contribution is 2.54. The number of benzene rings is 1. The number of ether oxygens (including phenoxy) is 1. The van der Waals surface area contributed by atoms with Crippen LogP contribution in [0.5, 0.6) is 5.75 Å². The minimum atomic E-state index is -3.60. The summed E-state index contributed by atoms with van der Waals surface area (Å²) in [6, 6.07) is 4.18. The van der Waals surface area contributed by atoms with Gasteiger partial charge in [-0.1, -0.05) is 0 Å². The highest BCUT2D eigenvalue weighted by atomic mass is 32.2. The number of fused-ring (bicyclic) bond motifs is 1. The molecule has 198 valence electrons. The van der Waals surface area contributed by atoms with Crippen LogP contribution in [0.25, 0.3) is 0 Å². The number of carbonyl (C=O) groups excluding carboxylic acids is 1. The molecule has 2 aliphatic heterocycles. The second-order valence-electron chi connectivity index (χ2n) is 12.1. The van der Waals surface area contributed by atoms with Crippen molar-refractivity contribution in [1.82, 2.24) is 24.6 Å². The van der Waals surface area contributed by atoms with Crippen LogP contribution in [0.1, 0.15) is 56.3 Å². The summed E-state index contributed by atoms with van der Waals surface area (Å²) in [5.74, 6) is 1.85. The number of likely N-dealkylation sites (tertiary alicyclic amines) is 2. The molecule has 11 heteroatoms. The SMILES string of the molecule is CS(=O)(=O)c1cc(F)ccc1OC1C[C@@H]2CN(C(=O)N3CC4(CC(n5cnc(C6CC6)n5)C4)C3)C[C@@H]2C1. The fourth-order valence-corrected chi connectivity index (χ4v) is 7.83. The van der Waals surface area contributed by atoms with Gasteiger partial charge in [-0.2, -0.15) is 5.10 Å². The average Bonchev–Trinajstić information content (AvgIpc) is 3.20. The van der Waals surface area contributed by atoms with Gasteiger partial charge in [-0.05, 0) is 68.6 Å². The van der Waals surface area contributed by atoms with E-state index in [1.807, 2.05) is 20.8 Å². The second kappa shape index (κ2) is 8.15. The van der Waals surface area contributed by atoms with Crippen LogP contribution in [0.3, 0.4) is 0 Å². The molecular formula is C26H32FN5O4S. The molecule has 1 aromatic heterocycles. The first-order chi connectivity index (χ1) is 17.7. The van der Waals surface area contributed by atoms with Crippen molar-refractivity contribution in [3.8, 4) is 5.75 Å². The van der Waals surface area contributed by atoms with Crippen LogP contribution in [0.15, 0.2) is 29.4 Å². The number of halogens is 1. The zero-order chi connectivity index (χ0) is 25.5. The topological polar surface area (TPSA) is 97.6 Å². The molecule has 37 heavy (non-hydrogen) atoms. The number of hydrogen-bond acceptors (Lipinski definition) is 6. The Labute approximate surface area is 215 Å². The molecule has 3 aliphatic carbocycles. The third-order valence-corrected chi connectivity index (χ3v) is 10.2. The molecule has 7 rings (SSSR count). The highest BCUT2D eigenvalue weighted by Gasteiger charge is 2.56. The van der Waals surface area contributed by atoms with Gasteiger partial charge in [0.05, 0.1) is 12.1 Å². The van der Waals surface area contributed by atoms with Gasteiger partial charge in [-0.25, -0.2) is 27.3 Å². The summed E-state index contributed by atoms with van der Waals surface area (Å²) in [4.78, 5) is 21.5. The summed E-state index contributed by atoms with van der Waals surface area (Å²) in [6.45, 7) is 3.06. The molecule has 3 atom stereocenters. The van der Waals surface area contributed by atoms with Gasteiger partial charge in [0.25, 0.3) is 0 Å². The van der Waals surface area contributed by atoms with Crippen molar-refractivity contribution in [2.75, 3.05) is 32.4 Å². The summed E-state index contributed by atoms with van der Waals surface area (Å²) >= 11 is 0. The van der Waals surface area contributed by atoms with Crippen LogP contribution in [-0.4, -0.2) is 77.6 Å². The fraction of sp³-hybridized carbons (Fsp3) is 0.654. The summed E-state index contributed by atoms with van der Waals surface area (Å²) in [5, 5.41) is 4.68. The van der Waals surface area contributed by atoms with Gasteiger partial charge in [0.1, 0.15) is 22.8 Å². The normalized spacial score (nSPS) is 28.8. The van der Waals surface area contributed by atoms with Crippen molar-refractivity contribution in [1.29, 1.82) is 0 Å². The van der Waals surface area contributed by atoms with E-state index in [1.54, 1.807) is 0 Å². The van der Waals surface area contributed by atoms with Crippen molar-refractivity contribution >= 4 is 15.9 Å². The second-order valence-corrected chi connectivity index (χ2v) is 14.0. The lowest BCUT2D eigenvalue weighted by Gasteiger charge is -2.59. The Balaban J connectivity index is 0.899. The molecule has 2 amide bonds. The summed E-state index contributed by atoms with van der Waals surface area (Å²) in [7, 11) is -3.60. The molecule has 0 bridgehead atoms. The maximum Gasteiger partial charge on any atom is 0.320 e. The Hall–Kier alpha value is -2.69. The number of aromatic nitrogens is 3. The lowest BCUT2D eigenvalue weighted by atomic mass is 9.61. The number of hydrogen-bond donors (Lipinski definition) is 0. The smallest absolute Gasteiger partial charge is 0.320 e. The first kappa shape index (κ1) is 23.4. The Morgan fingerprint density at radius 3 is 2.46 bits per heavy atom. The van der Waals surface area contributed by atoms with Crippen LogP contribution >= 0.6 is 0 Å². The monoisotopic (exact) mass is 529 g/mol. The van der Waals surface area contributed by atoms with Gasteiger partial charge >= 0.3 is 6.03 Å². The van der Waals surface area contributed by atoms with E-state index in [-0.39, 0.29) is 28.2 Å². The van der Waals surface area contributed by atoms with E-state index in [1.165, 1.54) is 25.0 Å². The molecule has 9 nitrogen and oxygen atoms in total. The number of sulfone groups is 1. The van der Waals surface area contributed by atoms with Crippen LogP contribution in [0.2, 0.25) is 0 Å². The maximum atomic E-state index is 13.6. The van der Waals surface area contributed by atoms with Crippen molar-refractivity contribution in [2.24, 2.45) is 17.3 Å². The van der Waals surface area contributed by atoms with Crippen molar-refractivity contribution in [3.63, 3.8) is 0 Å². The fourth-order valence-electron chi connectivity index (χ4n) is 7.02. The van der Waals surface area contributed by atoms with E-state index < -0.39 is 15.7 Å². The zero-order valence-electron chi connectivity index (χ0n) is 20.9. The predicted molar refractivity (Wildman–Crippen MR) is 131 cm³/mol. The van der Waals surface area contributed by atoms with Crippen molar-refractivity contribution < 1.29 is 22.3 Å². The van der Waals surface area contributed by atoms with E-state index in [9.17, 15) is 17.6 Å². The van der Waals surface area contributed by atoms with Gasteiger partial charge in [0, 0.05) is 43.8 Å². The van der Waals surface area contributed by atoms with Crippen LogP contribution in [-0.2, 0) is 9.84 Å². The summed E-state index contributed by atoms with van der Waals surface area (Å²) in [5.41, 5.74) is 0.243. The van der Waals surface area contributed by atoms with E-state index >= 15 is 0 Å². The van der Waals surface area contributed by atoms with Crippen LogP contribution in [0, 0.1) is 23.1 Å². The van der Waals surface area contributed by atoms with Gasteiger partial charge in [-0.3, -0.25) is 0 Å². The standard InChI is InChI=1S/C26H32FN5O4S/c1-37(34,35)23-8-19(27)4-5-22(23)36-21-6-17-11-30(12-18(17)7-21)25(33)31-13-26(14-31)9-20(10-26)32-15-28-24(29-32)16-2-3-16/h4-5,8,15-18,20-21H,2-3,6-7,9-14H2,1H3/t17-,18+,21?. The van der Waals surface area contributed by atoms with Crippen molar-refractivity contribution in [3.05, 3.63) is 36.2 Å². The molecule has 1 aromatic carbocycles. The minimum Gasteiger partial charge on any atom is -0.489 e. The third-order valence-electron chi connectivity index (χ3n) is 9.08. The Bertz CT molecular complexity index is 1330. The van der Waals surface area contributed by atoms with E-state index in [0.717, 1.165) is 56.9 Å². The van der Waals surface area contributed by atoms with Crippen LogP contribution in [0.4, 0.5) is 9.18 Å². The molecular weight excluding hydrogens is 497 g/mol. The Kier molecular flexibility index (Phi) is 5.16. The van der Waals surface area contributed by atoms with E-state index in [4.69, 9.17) is 4.74 Å². The molecule has 2 aromatic rings. The molecule has 0 radical (unpaired) electrons. The minimum absolute atomic E-state index is 0.113. The maximum absolute atomic E-state index is 13.6. The molecule has 5 aliphatic rings. The number of urea groups is 1. The Morgan fingerprint density at radius 2 is 1.81 bits per heavy atom. The van der Waals surface area contributed by atoms with Gasteiger partial charge in [-0.15, -0.1) is 0 Å². The van der Waals surface area contributed by atoms with Gasteiger partial charge < -0.3 is 14.5 Å². The van der Waals surface area contributed by atoms with E-state index in [2.05, 4.69) is 10.1 Å². The molecule has 3 heterocycles. The molecule has 3 saturated carbocycles. The molecule has 1 unspecified atom stereocenters. The third kappa shape index (κ3) is 4.19. The van der Waals surface area contributed by atoms with Crippen LogP contribution < -0.4 is 4.74 Å². The van der Waals surface area contributed by atoms with Gasteiger partial charge in [0.2, 0.25) is 0 Å². The molecule has 0 N–H and O–H groups in total. The van der Waals surface area contributed by atoms with Gasteiger partial charge in [0.15, 0.2) is 15.7 Å². The molecule has 1 spiro atoms. The largest absolute Gasteiger partial charge is 0.489 e. The predicted octanol–water partition coefficient (Wildman–Crippen LogP) is 3.24. The van der Waals surface area contributed by atoms with E-state index in [0.29, 0.717) is 36.9 Å². The first-order valence-corrected chi connectivity index (χ1v) is 15.2. The summed E-state index contributed by atoms with van der Waals surface area (Å²) < 4.78 is 45.9. The molecule has 5 fully saturated rings. The molecule has 2 saturated heterocycles. The number of rotatable bonds is 5. The zero-order valence-corrected chi connectivity index (χ0v) is 21.7. The number of amides is 2. The Morgan fingerprint density at radius 1 is 1.11 bits per heavy atom.